The molecule has 5 amide bonds. The van der Waals surface area contributed by atoms with Gasteiger partial charge in [-0.2, -0.15) is 0 Å². The van der Waals surface area contributed by atoms with Crippen LogP contribution >= 0.6 is 7.82 Å². The Labute approximate surface area is 261 Å². The van der Waals surface area contributed by atoms with E-state index in [1.807, 2.05) is 0 Å². The zero-order valence-corrected chi connectivity index (χ0v) is 25.5. The first kappa shape index (κ1) is 39.4. The van der Waals surface area contributed by atoms with E-state index in [-0.39, 0.29) is 17.7 Å². The van der Waals surface area contributed by atoms with Gasteiger partial charge in [0, 0.05) is 12.8 Å². The number of rotatable bonds is 19. The third-order valence-corrected chi connectivity index (χ3v) is 6.50. The van der Waals surface area contributed by atoms with Crippen LogP contribution in [0.15, 0.2) is 24.3 Å². The lowest BCUT2D eigenvalue weighted by Gasteiger charge is -2.27. The minimum atomic E-state index is -4.90. The Bertz CT molecular complexity index is 1330. The van der Waals surface area contributed by atoms with Crippen molar-refractivity contribution in [2.75, 3.05) is 0 Å². The van der Waals surface area contributed by atoms with Gasteiger partial charge in [-0.1, -0.05) is 12.1 Å². The number of phosphoric ester groups is 1. The summed E-state index contributed by atoms with van der Waals surface area (Å²) in [5.74, 6) is -8.25. The van der Waals surface area contributed by atoms with E-state index >= 15 is 0 Å². The minimum Gasteiger partial charge on any atom is -0.481 e. The molecule has 0 aromatic heterocycles. The first-order chi connectivity index (χ1) is 21.2. The number of benzene rings is 1. The second-order valence-electron chi connectivity index (χ2n) is 10.1. The van der Waals surface area contributed by atoms with E-state index in [0.717, 1.165) is 26.0 Å². The molecule has 0 bridgehead atoms. The SMILES string of the molecule is C[C@H](NC(=O)[C@@H](NC(=O)[C@H](Cc1ccc(OP(=O)(O)O)cc1)NC(=O)[C@H](CCC(=O)O)NC(=O)[C@@H](N)CC(N)=O)[C@@H](C)O)C(=O)O. The summed E-state index contributed by atoms with van der Waals surface area (Å²) in [6, 6.07) is -3.02. The number of hydrogen-bond donors (Lipinski definition) is 11. The van der Waals surface area contributed by atoms with Crippen LogP contribution in [0.1, 0.15) is 38.7 Å². The molecule has 0 spiro atoms. The summed E-state index contributed by atoms with van der Waals surface area (Å²) in [5.41, 5.74) is 10.9. The highest BCUT2D eigenvalue weighted by atomic mass is 31.2. The Morgan fingerprint density at radius 1 is 0.848 bits per heavy atom. The molecule has 1 rings (SSSR count). The smallest absolute Gasteiger partial charge is 0.481 e. The van der Waals surface area contributed by atoms with Crippen molar-refractivity contribution in [1.82, 2.24) is 21.3 Å². The van der Waals surface area contributed by atoms with Crippen LogP contribution in [0.4, 0.5) is 0 Å². The predicted molar refractivity (Wildman–Crippen MR) is 154 cm³/mol. The Morgan fingerprint density at radius 2 is 1.39 bits per heavy atom. The van der Waals surface area contributed by atoms with Gasteiger partial charge in [0.2, 0.25) is 29.5 Å². The topological polar surface area (TPSA) is 347 Å². The Balaban J connectivity index is 3.38. The molecule has 21 heteroatoms. The van der Waals surface area contributed by atoms with E-state index < -0.39 is 105 Å². The van der Waals surface area contributed by atoms with Crippen molar-refractivity contribution in [3.8, 4) is 5.75 Å². The van der Waals surface area contributed by atoms with Crippen LogP contribution in [0.5, 0.6) is 5.75 Å². The molecule has 13 N–H and O–H groups in total. The molecule has 0 fully saturated rings. The van der Waals surface area contributed by atoms with Crippen molar-refractivity contribution < 1.29 is 67.8 Å². The first-order valence-electron chi connectivity index (χ1n) is 13.4. The third kappa shape index (κ3) is 14.4. The maximum Gasteiger partial charge on any atom is 0.524 e. The normalized spacial score (nSPS) is 15.1. The van der Waals surface area contributed by atoms with Crippen LogP contribution in [0.3, 0.4) is 0 Å². The van der Waals surface area contributed by atoms with Crippen molar-refractivity contribution in [2.24, 2.45) is 11.5 Å². The highest BCUT2D eigenvalue weighted by Crippen LogP contribution is 2.37. The van der Waals surface area contributed by atoms with Gasteiger partial charge in [0.1, 0.15) is 29.9 Å². The minimum absolute atomic E-state index is 0.246. The van der Waals surface area contributed by atoms with Crippen molar-refractivity contribution in [1.29, 1.82) is 0 Å². The molecule has 6 atom stereocenters. The van der Waals surface area contributed by atoms with E-state index in [9.17, 15) is 43.2 Å². The van der Waals surface area contributed by atoms with E-state index in [2.05, 4.69) is 25.8 Å². The second-order valence-corrected chi connectivity index (χ2v) is 11.2. The molecule has 20 nitrogen and oxygen atoms in total. The van der Waals surface area contributed by atoms with Gasteiger partial charge < -0.3 is 52.6 Å². The molecule has 0 unspecified atom stereocenters. The molecule has 46 heavy (non-hydrogen) atoms. The van der Waals surface area contributed by atoms with E-state index in [1.165, 1.54) is 12.1 Å². The molecular formula is C25H37N6O14P. The Kier molecular flexibility index (Phi) is 15.2. The molecule has 0 heterocycles. The zero-order chi connectivity index (χ0) is 35.4. The number of phosphoric acid groups is 1. The molecule has 1 aromatic carbocycles. The van der Waals surface area contributed by atoms with Crippen LogP contribution in [-0.4, -0.2) is 103 Å². The third-order valence-electron chi connectivity index (χ3n) is 6.05. The lowest BCUT2D eigenvalue weighted by atomic mass is 10.0. The van der Waals surface area contributed by atoms with Gasteiger partial charge in [0.25, 0.3) is 0 Å². The number of amides is 5. The van der Waals surface area contributed by atoms with Gasteiger partial charge in [0.15, 0.2) is 0 Å². The van der Waals surface area contributed by atoms with Gasteiger partial charge in [0.05, 0.1) is 18.6 Å². The predicted octanol–water partition coefficient (Wildman–Crippen LogP) is -3.81. The average molecular weight is 677 g/mol. The lowest BCUT2D eigenvalue weighted by molar-refractivity contribution is -0.142. The van der Waals surface area contributed by atoms with Crippen molar-refractivity contribution in [2.45, 2.75) is 75.8 Å². The van der Waals surface area contributed by atoms with E-state index in [0.29, 0.717) is 0 Å². The quantitative estimate of drug-likeness (QED) is 0.0626. The summed E-state index contributed by atoms with van der Waals surface area (Å²) in [5, 5.41) is 37.1. The number of primary amides is 1. The number of nitrogens with two attached hydrogens (primary N) is 2. The van der Waals surface area contributed by atoms with Gasteiger partial charge in [-0.3, -0.25) is 43.3 Å². The van der Waals surface area contributed by atoms with E-state index in [1.54, 1.807) is 0 Å². The number of nitrogens with one attached hydrogen (secondary N) is 4. The fourth-order valence-corrected chi connectivity index (χ4v) is 4.09. The Hall–Kier alpha value is -4.62. The lowest BCUT2D eigenvalue weighted by Crippen LogP contribution is -2.60. The monoisotopic (exact) mass is 676 g/mol. The van der Waals surface area contributed by atoms with Crippen LogP contribution < -0.4 is 37.3 Å². The second kappa shape index (κ2) is 17.8. The standard InChI is InChI=1S/C25H37N6O14P/c1-11(25(40)41)28-24(39)20(12(2)32)31-23(38)17(9-13-3-5-14(6-4-13)45-46(42,43)44)30-22(37)16(7-8-19(34)35)29-21(36)15(26)10-18(27)33/h3-6,11-12,15-17,20,32H,7-10,26H2,1-2H3,(H2,27,33)(H,28,39)(H,29,36)(H,30,37)(H,31,38)(H,34,35)(H,40,41)(H2,42,43,44)/t11-,12+,15-,16-,17-,20-/m0/s1. The maximum atomic E-state index is 13.4. The molecule has 256 valence electrons. The number of aliphatic carboxylic acids is 2. The van der Waals surface area contributed by atoms with Gasteiger partial charge in [-0.15, -0.1) is 0 Å². The summed E-state index contributed by atoms with van der Waals surface area (Å²) in [4.78, 5) is 103. The average Bonchev–Trinajstić information content (AvgIpc) is 2.92. The molecule has 0 saturated heterocycles. The summed E-state index contributed by atoms with van der Waals surface area (Å²) in [6.45, 7) is 2.25. The summed E-state index contributed by atoms with van der Waals surface area (Å²) in [7, 11) is -4.90. The maximum absolute atomic E-state index is 13.4. The highest BCUT2D eigenvalue weighted by molar-refractivity contribution is 7.46. The number of carboxylic acid groups (broad SMARTS) is 2. The number of carbonyl (C=O) groups is 7. The van der Waals surface area contributed by atoms with Crippen molar-refractivity contribution in [3.63, 3.8) is 0 Å². The molecule has 0 aliphatic heterocycles. The van der Waals surface area contributed by atoms with Gasteiger partial charge in [-0.25, -0.2) is 4.57 Å². The van der Waals surface area contributed by atoms with E-state index in [4.69, 9.17) is 31.5 Å². The number of aliphatic hydroxyl groups is 1. The fraction of sp³-hybridized carbons (Fsp3) is 0.480. The van der Waals surface area contributed by atoms with Crippen LogP contribution in [-0.2, 0) is 44.5 Å². The largest absolute Gasteiger partial charge is 0.524 e. The highest BCUT2D eigenvalue weighted by Gasteiger charge is 2.33. The first-order valence-corrected chi connectivity index (χ1v) is 14.9. The zero-order valence-electron chi connectivity index (χ0n) is 24.6. The molecule has 0 radical (unpaired) electrons. The molecular weight excluding hydrogens is 639 g/mol. The van der Waals surface area contributed by atoms with Gasteiger partial charge >= 0.3 is 19.8 Å². The number of aliphatic hydroxyl groups excluding tert-OH is 1. The van der Waals surface area contributed by atoms with Crippen LogP contribution in [0, 0.1) is 0 Å². The van der Waals surface area contributed by atoms with Crippen LogP contribution in [0.25, 0.3) is 0 Å². The summed E-state index contributed by atoms with van der Waals surface area (Å²) in [6.07, 6.45) is -3.68. The molecule has 1 aromatic rings. The van der Waals surface area contributed by atoms with Crippen molar-refractivity contribution in [3.05, 3.63) is 29.8 Å². The summed E-state index contributed by atoms with van der Waals surface area (Å²) < 4.78 is 15.6. The molecule has 0 aliphatic carbocycles. The van der Waals surface area contributed by atoms with Gasteiger partial charge in [-0.05, 0) is 38.0 Å². The Morgan fingerprint density at radius 3 is 1.87 bits per heavy atom. The number of carbonyl (C=O) groups excluding carboxylic acids is 5. The van der Waals surface area contributed by atoms with Crippen LogP contribution in [0.2, 0.25) is 0 Å². The fourth-order valence-electron chi connectivity index (χ4n) is 3.69. The molecule has 0 aliphatic rings. The van der Waals surface area contributed by atoms with Crippen molar-refractivity contribution >= 4 is 49.3 Å². The molecule has 0 saturated carbocycles. The number of carboxylic acids is 2. The summed E-state index contributed by atoms with van der Waals surface area (Å²) >= 11 is 0. The number of hydrogen-bond acceptors (Lipinski definition) is 11.